The fourth-order valence-corrected chi connectivity index (χ4v) is 7.91. The molecule has 9 nitrogen and oxygen atoms in total. The van der Waals surface area contributed by atoms with Crippen molar-refractivity contribution in [2.45, 2.75) is 29.2 Å². The molecule has 0 radical (unpaired) electrons. The molecule has 4 rings (SSSR count). The fraction of sp³-hybridized carbons (Fsp3) is 0.435. The summed E-state index contributed by atoms with van der Waals surface area (Å²) in [6.07, 6.45) is 1.08. The van der Waals surface area contributed by atoms with E-state index in [1.54, 1.807) is 12.1 Å². The number of benzene rings is 2. The van der Waals surface area contributed by atoms with Crippen molar-refractivity contribution >= 4 is 49.2 Å². The van der Waals surface area contributed by atoms with Gasteiger partial charge in [-0.05, 0) is 48.7 Å². The molecule has 13 heteroatoms. The molecule has 0 aromatic heterocycles. The Kier molecular flexibility index (Phi) is 8.60. The zero-order valence-corrected chi connectivity index (χ0v) is 22.5. The zero-order valence-electron chi connectivity index (χ0n) is 19.4. The van der Waals surface area contributed by atoms with Gasteiger partial charge >= 0.3 is 0 Å². The molecule has 36 heavy (non-hydrogen) atoms. The van der Waals surface area contributed by atoms with Gasteiger partial charge in [-0.15, -0.1) is 0 Å². The van der Waals surface area contributed by atoms with E-state index in [1.807, 2.05) is 0 Å². The van der Waals surface area contributed by atoms with Gasteiger partial charge < -0.3 is 10.1 Å². The summed E-state index contributed by atoms with van der Waals surface area (Å²) in [5.74, 6) is -0.787. The topological polar surface area (TPSA) is 113 Å². The van der Waals surface area contributed by atoms with Gasteiger partial charge in [0.05, 0.1) is 29.0 Å². The van der Waals surface area contributed by atoms with Crippen LogP contribution < -0.4 is 5.32 Å². The number of nitrogens with one attached hydrogen (secondary N) is 1. The lowest BCUT2D eigenvalue weighted by molar-refractivity contribution is -0.126. The van der Waals surface area contributed by atoms with E-state index in [0.717, 1.165) is 5.56 Å². The highest BCUT2D eigenvalue weighted by Gasteiger charge is 2.34. The van der Waals surface area contributed by atoms with Crippen molar-refractivity contribution in [3.63, 3.8) is 0 Å². The van der Waals surface area contributed by atoms with Crippen molar-refractivity contribution < 1.29 is 26.4 Å². The van der Waals surface area contributed by atoms with Crippen LogP contribution in [0.25, 0.3) is 0 Å². The number of sulfonamides is 2. The second kappa shape index (κ2) is 11.3. The van der Waals surface area contributed by atoms with Crippen LogP contribution in [0.4, 0.5) is 0 Å². The first-order chi connectivity index (χ1) is 17.1. The molecule has 0 spiro atoms. The van der Waals surface area contributed by atoms with E-state index < -0.39 is 26.0 Å². The molecule has 2 aliphatic rings. The Morgan fingerprint density at radius 2 is 1.64 bits per heavy atom. The van der Waals surface area contributed by atoms with Crippen LogP contribution in [-0.4, -0.2) is 70.7 Å². The molecule has 0 aliphatic carbocycles. The lowest BCUT2D eigenvalue weighted by Crippen LogP contribution is -2.45. The van der Waals surface area contributed by atoms with Crippen molar-refractivity contribution in [1.82, 2.24) is 13.9 Å². The highest BCUT2D eigenvalue weighted by Crippen LogP contribution is 2.30. The van der Waals surface area contributed by atoms with Gasteiger partial charge in [0.25, 0.3) is 0 Å². The van der Waals surface area contributed by atoms with E-state index in [9.17, 15) is 21.6 Å². The molecule has 2 aromatic rings. The third-order valence-corrected chi connectivity index (χ3v) is 10.8. The normalized spacial score (nSPS) is 20.2. The number of ether oxygens (including phenoxy) is 1. The number of nitrogens with zero attached hydrogens (tertiary/aromatic N) is 2. The summed E-state index contributed by atoms with van der Waals surface area (Å²) in [6.45, 7) is 1.89. The predicted molar refractivity (Wildman–Crippen MR) is 136 cm³/mol. The molecule has 2 aliphatic heterocycles. The number of hydrogen-bond donors (Lipinski definition) is 1. The molecule has 2 fully saturated rings. The van der Waals surface area contributed by atoms with E-state index in [1.165, 1.54) is 38.9 Å². The van der Waals surface area contributed by atoms with E-state index in [-0.39, 0.29) is 45.4 Å². The van der Waals surface area contributed by atoms with Crippen molar-refractivity contribution in [3.8, 4) is 0 Å². The highest BCUT2D eigenvalue weighted by atomic mass is 35.5. The van der Waals surface area contributed by atoms with Gasteiger partial charge in [-0.25, -0.2) is 16.8 Å². The summed E-state index contributed by atoms with van der Waals surface area (Å²) in [5.41, 5.74) is 0.732. The lowest BCUT2D eigenvalue weighted by Gasteiger charge is -2.31. The van der Waals surface area contributed by atoms with Gasteiger partial charge in [0.1, 0.15) is 4.90 Å². The molecule has 196 valence electrons. The molecule has 1 N–H and O–H groups in total. The van der Waals surface area contributed by atoms with Crippen molar-refractivity contribution in [3.05, 3.63) is 58.1 Å². The number of carbonyl (C=O) groups is 1. The Bertz CT molecular complexity index is 1310. The number of halogens is 2. The van der Waals surface area contributed by atoms with Gasteiger partial charge in [-0.3, -0.25) is 4.79 Å². The van der Waals surface area contributed by atoms with Crippen LogP contribution >= 0.6 is 23.2 Å². The van der Waals surface area contributed by atoms with E-state index >= 15 is 0 Å². The zero-order chi connectivity index (χ0) is 25.9. The molecule has 1 amide bonds. The summed E-state index contributed by atoms with van der Waals surface area (Å²) in [7, 11) is -7.50. The Morgan fingerprint density at radius 1 is 0.944 bits per heavy atom. The molecule has 2 saturated heterocycles. The number of hydrogen-bond acceptors (Lipinski definition) is 6. The summed E-state index contributed by atoms with van der Waals surface area (Å²) < 4.78 is 59.6. The van der Waals surface area contributed by atoms with E-state index in [4.69, 9.17) is 27.9 Å². The maximum absolute atomic E-state index is 13.1. The minimum atomic E-state index is -3.91. The van der Waals surface area contributed by atoms with Gasteiger partial charge in [0.15, 0.2) is 0 Å². The van der Waals surface area contributed by atoms with Crippen LogP contribution in [0.5, 0.6) is 0 Å². The quantitative estimate of drug-likeness (QED) is 0.543. The third kappa shape index (κ3) is 6.04. The maximum Gasteiger partial charge on any atom is 0.244 e. The number of carbonyl (C=O) groups excluding carboxylic acids is 1. The van der Waals surface area contributed by atoms with Crippen LogP contribution in [0.1, 0.15) is 18.4 Å². The van der Waals surface area contributed by atoms with Crippen LogP contribution in [0.2, 0.25) is 10.0 Å². The SMILES string of the molecule is O=C(NCc1ccc(S(=O)(=O)N2CCOCC2)cc1)[C@H]1CCCN(S(=O)(=O)c2cc(Cl)ccc2Cl)C1. The van der Waals surface area contributed by atoms with Crippen LogP contribution in [0, 0.1) is 5.92 Å². The molecule has 2 heterocycles. The first-order valence-corrected chi connectivity index (χ1v) is 15.1. The van der Waals surface area contributed by atoms with Gasteiger partial charge in [0, 0.05) is 37.7 Å². The van der Waals surface area contributed by atoms with Crippen molar-refractivity contribution in [2.24, 2.45) is 5.92 Å². The number of amides is 1. The Hall–Kier alpha value is -1.73. The smallest absolute Gasteiger partial charge is 0.244 e. The van der Waals surface area contributed by atoms with Gasteiger partial charge in [0.2, 0.25) is 26.0 Å². The second-order valence-corrected chi connectivity index (χ2v) is 13.3. The number of piperidine rings is 1. The maximum atomic E-state index is 13.1. The van der Waals surface area contributed by atoms with Gasteiger partial charge in [-0.2, -0.15) is 8.61 Å². The van der Waals surface area contributed by atoms with E-state index in [2.05, 4.69) is 5.32 Å². The standard InChI is InChI=1S/C23H27Cl2N3O6S2/c24-19-5-8-21(25)22(14-19)36(32,33)28-9-1-2-18(16-28)23(29)26-15-17-3-6-20(7-4-17)35(30,31)27-10-12-34-13-11-27/h3-8,14,18H,1-2,9-13,15-16H2,(H,26,29)/t18-/m0/s1. The monoisotopic (exact) mass is 575 g/mol. The van der Waals surface area contributed by atoms with Crippen LogP contribution in [-0.2, 0) is 36.1 Å². The first kappa shape index (κ1) is 27.3. The third-order valence-electron chi connectivity index (χ3n) is 6.26. The number of rotatable bonds is 7. The summed E-state index contributed by atoms with van der Waals surface area (Å²) >= 11 is 12.1. The molecular weight excluding hydrogens is 549 g/mol. The second-order valence-electron chi connectivity index (χ2n) is 8.66. The van der Waals surface area contributed by atoms with Crippen LogP contribution in [0.3, 0.4) is 0 Å². The van der Waals surface area contributed by atoms with Crippen molar-refractivity contribution in [1.29, 1.82) is 0 Å². The largest absolute Gasteiger partial charge is 0.379 e. The van der Waals surface area contributed by atoms with Crippen molar-refractivity contribution in [2.75, 3.05) is 39.4 Å². The molecule has 2 aromatic carbocycles. The van der Waals surface area contributed by atoms with Gasteiger partial charge in [-0.1, -0.05) is 35.3 Å². The minimum absolute atomic E-state index is 0.0355. The molecule has 0 unspecified atom stereocenters. The van der Waals surface area contributed by atoms with Crippen LogP contribution in [0.15, 0.2) is 52.3 Å². The summed E-state index contributed by atoms with van der Waals surface area (Å²) in [4.78, 5) is 12.9. The molecule has 1 atom stereocenters. The highest BCUT2D eigenvalue weighted by molar-refractivity contribution is 7.89. The molecule has 0 saturated carbocycles. The fourth-order valence-electron chi connectivity index (χ4n) is 4.24. The molecular formula is C23H27Cl2N3O6S2. The average Bonchev–Trinajstić information content (AvgIpc) is 2.89. The summed E-state index contributed by atoms with van der Waals surface area (Å²) in [6, 6.07) is 10.6. The number of morpholine rings is 1. The average molecular weight is 577 g/mol. The predicted octanol–water partition coefficient (Wildman–Crippen LogP) is 2.73. The Labute approximate surface area is 221 Å². The first-order valence-electron chi connectivity index (χ1n) is 11.5. The lowest BCUT2D eigenvalue weighted by atomic mass is 9.99. The Morgan fingerprint density at radius 3 is 2.33 bits per heavy atom. The Balaban J connectivity index is 1.37. The van der Waals surface area contributed by atoms with E-state index in [0.29, 0.717) is 39.1 Å². The minimum Gasteiger partial charge on any atom is -0.379 e. The summed E-state index contributed by atoms with van der Waals surface area (Å²) in [5, 5.41) is 3.17. The molecule has 0 bridgehead atoms.